The number of rotatable bonds is 3. The van der Waals surface area contributed by atoms with Crippen molar-refractivity contribution in [3.63, 3.8) is 0 Å². The van der Waals surface area contributed by atoms with Crippen LogP contribution < -0.4 is 5.73 Å². The van der Waals surface area contributed by atoms with Crippen LogP contribution in [0.15, 0.2) is 18.2 Å². The summed E-state index contributed by atoms with van der Waals surface area (Å²) < 4.78 is 6.92. The Balaban J connectivity index is 2.80. The zero-order valence-electron chi connectivity index (χ0n) is 13.3. The van der Waals surface area contributed by atoms with E-state index < -0.39 is 6.04 Å². The van der Waals surface area contributed by atoms with E-state index in [0.717, 1.165) is 16.9 Å². The Kier molecular flexibility index (Phi) is 3.94. The molecule has 21 heavy (non-hydrogen) atoms. The smallest absolute Gasteiger partial charge is 0.328 e. The second kappa shape index (κ2) is 5.39. The molecule has 1 heterocycles. The molecule has 0 fully saturated rings. The van der Waals surface area contributed by atoms with Crippen LogP contribution >= 0.6 is 0 Å². The third-order valence-corrected chi connectivity index (χ3v) is 3.59. The molecule has 0 saturated heterocycles. The number of hydrogen-bond donors (Lipinski definition) is 1. The normalized spacial score (nSPS) is 13.4. The van der Waals surface area contributed by atoms with E-state index in [-0.39, 0.29) is 11.4 Å². The van der Waals surface area contributed by atoms with Crippen molar-refractivity contribution in [2.75, 3.05) is 12.8 Å². The summed E-state index contributed by atoms with van der Waals surface area (Å²) in [4.78, 5) is 16.8. The minimum absolute atomic E-state index is 0.201. The number of carbonyl (C=O) groups is 1. The lowest BCUT2D eigenvalue weighted by Crippen LogP contribution is -2.27. The Morgan fingerprint density at radius 1 is 1.43 bits per heavy atom. The van der Waals surface area contributed by atoms with Crippen molar-refractivity contribution in [1.29, 1.82) is 0 Å². The maximum absolute atomic E-state index is 12.1. The quantitative estimate of drug-likeness (QED) is 0.696. The van der Waals surface area contributed by atoms with Crippen LogP contribution in [-0.2, 0) is 14.9 Å². The largest absolute Gasteiger partial charge is 0.467 e. The molecule has 2 N–H and O–H groups in total. The molecule has 0 saturated carbocycles. The van der Waals surface area contributed by atoms with E-state index in [1.807, 2.05) is 29.7 Å². The predicted octanol–water partition coefficient (Wildman–Crippen LogP) is 3.04. The van der Waals surface area contributed by atoms with Crippen LogP contribution in [0.5, 0.6) is 0 Å². The molecule has 1 atom stereocenters. The van der Waals surface area contributed by atoms with Gasteiger partial charge in [-0.2, -0.15) is 0 Å². The van der Waals surface area contributed by atoms with E-state index in [1.165, 1.54) is 7.11 Å². The van der Waals surface area contributed by atoms with Gasteiger partial charge in [-0.05, 0) is 18.6 Å². The summed E-state index contributed by atoms with van der Waals surface area (Å²) in [5, 5.41) is 0. The number of benzene rings is 1. The van der Waals surface area contributed by atoms with Crippen molar-refractivity contribution in [3.8, 4) is 0 Å². The van der Waals surface area contributed by atoms with E-state index in [0.29, 0.717) is 12.1 Å². The zero-order valence-corrected chi connectivity index (χ0v) is 13.3. The topological polar surface area (TPSA) is 70.1 Å². The van der Waals surface area contributed by atoms with Crippen LogP contribution in [0, 0.1) is 0 Å². The fourth-order valence-corrected chi connectivity index (χ4v) is 2.57. The molecule has 0 bridgehead atoms. The van der Waals surface area contributed by atoms with Crippen molar-refractivity contribution in [2.45, 2.75) is 45.6 Å². The highest BCUT2D eigenvalue weighted by atomic mass is 16.5. The van der Waals surface area contributed by atoms with E-state index in [1.54, 1.807) is 0 Å². The zero-order chi connectivity index (χ0) is 15.8. The summed E-state index contributed by atoms with van der Waals surface area (Å²) in [6.07, 6.45) is 0.635. The number of imidazole rings is 1. The molecule has 1 aromatic heterocycles. The Morgan fingerprint density at radius 2 is 2.10 bits per heavy atom. The third-order valence-electron chi connectivity index (χ3n) is 3.59. The standard InChI is InChI=1S/C16H23N3O2/c1-6-11(14(20)21-5)19-12-9-7-8-10(17)13(12)18-15(19)16(2,3)4/h7-9,11H,6,17H2,1-5H3. The van der Waals surface area contributed by atoms with Crippen molar-refractivity contribution in [3.05, 3.63) is 24.0 Å². The van der Waals surface area contributed by atoms with Gasteiger partial charge in [-0.15, -0.1) is 0 Å². The summed E-state index contributed by atoms with van der Waals surface area (Å²) in [6, 6.07) is 5.26. The van der Waals surface area contributed by atoms with E-state index in [2.05, 4.69) is 20.8 Å². The van der Waals surface area contributed by atoms with Crippen LogP contribution in [0.4, 0.5) is 5.69 Å². The molecular weight excluding hydrogens is 266 g/mol. The number of carbonyl (C=O) groups excluding carboxylic acids is 1. The molecule has 0 spiro atoms. The monoisotopic (exact) mass is 289 g/mol. The number of ether oxygens (including phenoxy) is 1. The lowest BCUT2D eigenvalue weighted by Gasteiger charge is -2.24. The molecule has 2 rings (SSSR count). The summed E-state index contributed by atoms with van der Waals surface area (Å²) in [7, 11) is 1.41. The molecule has 0 aliphatic carbocycles. The number of nitrogens with two attached hydrogens (primary N) is 1. The van der Waals surface area contributed by atoms with E-state index in [9.17, 15) is 4.79 Å². The minimum Gasteiger partial charge on any atom is -0.467 e. The average Bonchev–Trinajstić information content (AvgIpc) is 2.80. The lowest BCUT2D eigenvalue weighted by atomic mass is 9.95. The predicted molar refractivity (Wildman–Crippen MR) is 84.2 cm³/mol. The van der Waals surface area contributed by atoms with E-state index >= 15 is 0 Å². The van der Waals surface area contributed by atoms with Gasteiger partial charge < -0.3 is 15.0 Å². The number of nitrogen functional groups attached to an aromatic ring is 1. The first-order valence-electron chi connectivity index (χ1n) is 7.16. The number of para-hydroxylation sites is 1. The molecular formula is C16H23N3O2. The van der Waals surface area contributed by atoms with Crippen molar-refractivity contribution >= 4 is 22.7 Å². The van der Waals surface area contributed by atoms with Gasteiger partial charge in [-0.25, -0.2) is 9.78 Å². The molecule has 0 amide bonds. The fourth-order valence-electron chi connectivity index (χ4n) is 2.57. The summed E-state index contributed by atoms with van der Waals surface area (Å²) in [6.45, 7) is 8.19. The van der Waals surface area contributed by atoms with Gasteiger partial charge in [0.05, 0.1) is 18.3 Å². The van der Waals surface area contributed by atoms with Gasteiger partial charge in [-0.1, -0.05) is 33.8 Å². The van der Waals surface area contributed by atoms with Gasteiger partial charge in [0, 0.05) is 5.41 Å². The number of hydrogen-bond acceptors (Lipinski definition) is 4. The van der Waals surface area contributed by atoms with Crippen LogP contribution in [0.1, 0.15) is 46.0 Å². The molecule has 1 aromatic carbocycles. The van der Waals surface area contributed by atoms with Gasteiger partial charge in [0.25, 0.3) is 0 Å². The molecule has 0 aliphatic heterocycles. The first kappa shape index (κ1) is 15.4. The Hall–Kier alpha value is -2.04. The maximum atomic E-state index is 12.1. The molecule has 0 aliphatic rings. The highest BCUT2D eigenvalue weighted by Crippen LogP contribution is 2.33. The highest BCUT2D eigenvalue weighted by molar-refractivity contribution is 5.89. The van der Waals surface area contributed by atoms with Gasteiger partial charge in [0.1, 0.15) is 17.4 Å². The van der Waals surface area contributed by atoms with Crippen molar-refractivity contribution in [1.82, 2.24) is 9.55 Å². The van der Waals surface area contributed by atoms with Gasteiger partial charge in [0.2, 0.25) is 0 Å². The number of esters is 1. The molecule has 5 nitrogen and oxygen atoms in total. The second-order valence-corrected chi connectivity index (χ2v) is 6.22. The highest BCUT2D eigenvalue weighted by Gasteiger charge is 2.30. The Labute approximate surface area is 125 Å². The third kappa shape index (κ3) is 2.60. The molecule has 5 heteroatoms. The number of nitrogens with zero attached hydrogens (tertiary/aromatic N) is 2. The number of fused-ring (bicyclic) bond motifs is 1. The summed E-state index contributed by atoms with van der Waals surface area (Å²) >= 11 is 0. The van der Waals surface area contributed by atoms with Gasteiger partial charge in [0.15, 0.2) is 0 Å². The van der Waals surface area contributed by atoms with Crippen molar-refractivity contribution < 1.29 is 9.53 Å². The number of anilines is 1. The second-order valence-electron chi connectivity index (χ2n) is 6.22. The summed E-state index contributed by atoms with van der Waals surface area (Å²) in [5.74, 6) is 0.581. The first-order valence-corrected chi connectivity index (χ1v) is 7.16. The maximum Gasteiger partial charge on any atom is 0.328 e. The lowest BCUT2D eigenvalue weighted by molar-refractivity contribution is -0.144. The number of methoxy groups -OCH3 is 1. The molecule has 1 unspecified atom stereocenters. The van der Waals surface area contributed by atoms with Gasteiger partial charge in [-0.3, -0.25) is 0 Å². The SMILES string of the molecule is CCC(C(=O)OC)n1c(C(C)(C)C)nc2c(N)cccc21. The van der Waals surface area contributed by atoms with Crippen LogP contribution in [0.2, 0.25) is 0 Å². The Bertz CT molecular complexity index is 668. The van der Waals surface area contributed by atoms with Crippen LogP contribution in [0.25, 0.3) is 11.0 Å². The van der Waals surface area contributed by atoms with Crippen molar-refractivity contribution in [2.24, 2.45) is 0 Å². The average molecular weight is 289 g/mol. The number of aromatic nitrogens is 2. The first-order chi connectivity index (χ1) is 9.81. The Morgan fingerprint density at radius 3 is 2.62 bits per heavy atom. The fraction of sp³-hybridized carbons (Fsp3) is 0.500. The molecule has 2 aromatic rings. The van der Waals surface area contributed by atoms with Gasteiger partial charge >= 0.3 is 5.97 Å². The van der Waals surface area contributed by atoms with Crippen LogP contribution in [-0.4, -0.2) is 22.6 Å². The summed E-state index contributed by atoms with van der Waals surface area (Å²) in [5.41, 5.74) is 8.07. The molecule has 114 valence electrons. The minimum atomic E-state index is -0.393. The van der Waals surface area contributed by atoms with E-state index in [4.69, 9.17) is 15.5 Å². The van der Waals surface area contributed by atoms with Crippen LogP contribution in [0.3, 0.4) is 0 Å². The molecule has 0 radical (unpaired) electrons.